The molecular weight excluding hydrogens is 703 g/mol. The number of morpholine rings is 2. The summed E-state index contributed by atoms with van der Waals surface area (Å²) < 4.78 is 29.5. The zero-order chi connectivity index (χ0) is 33.1. The van der Waals surface area contributed by atoms with Gasteiger partial charge < -0.3 is 29.0 Å². The summed E-state index contributed by atoms with van der Waals surface area (Å²) in [6, 6.07) is 7.40. The van der Waals surface area contributed by atoms with E-state index in [0.717, 1.165) is 43.1 Å². The quantitative estimate of drug-likeness (QED) is 0.130. The molecule has 0 bridgehead atoms. The van der Waals surface area contributed by atoms with Crippen molar-refractivity contribution in [3.63, 3.8) is 0 Å². The van der Waals surface area contributed by atoms with Gasteiger partial charge in [0.05, 0.1) is 49.2 Å². The van der Waals surface area contributed by atoms with Crippen molar-refractivity contribution >= 4 is 34.5 Å². The fraction of sp³-hybridized carbons (Fsp3) is 0.618. The molecule has 1 atom stereocenters. The van der Waals surface area contributed by atoms with Crippen LogP contribution in [0, 0.1) is 30.1 Å². The van der Waals surface area contributed by atoms with E-state index in [9.17, 15) is 14.9 Å². The molecule has 11 nitrogen and oxygen atoms in total. The number of halogens is 1. The van der Waals surface area contributed by atoms with E-state index in [1.165, 1.54) is 0 Å². The molecular formula is C34H47IN4O7. The maximum absolute atomic E-state index is 14.1. The van der Waals surface area contributed by atoms with Crippen LogP contribution in [0.25, 0.3) is 0 Å². The first-order chi connectivity index (χ1) is 22.2. The summed E-state index contributed by atoms with van der Waals surface area (Å²) in [7, 11) is 0. The summed E-state index contributed by atoms with van der Waals surface area (Å²) in [5.41, 5.74) is 3.89. The number of carbonyl (C=O) groups is 2. The van der Waals surface area contributed by atoms with Crippen LogP contribution in [0.4, 0.5) is 0 Å². The van der Waals surface area contributed by atoms with Crippen molar-refractivity contribution in [3.8, 4) is 11.8 Å². The van der Waals surface area contributed by atoms with Crippen molar-refractivity contribution in [2.24, 2.45) is 11.8 Å². The minimum atomic E-state index is -0.482. The second-order valence-electron chi connectivity index (χ2n) is 12.1. The normalized spacial score (nSPS) is 19.7. The average Bonchev–Trinajstić information content (AvgIpc) is 3.06. The van der Waals surface area contributed by atoms with Crippen molar-refractivity contribution in [3.05, 3.63) is 51.9 Å². The topological polar surface area (TPSA) is 123 Å². The Kier molecular flexibility index (Phi) is 14.1. The number of benzene rings is 1. The highest BCUT2D eigenvalue weighted by atomic mass is 127. The predicted octanol–water partition coefficient (Wildman–Crippen LogP) is 3.59. The largest absolute Gasteiger partial charge is 0.490 e. The van der Waals surface area contributed by atoms with Crippen LogP contribution in [-0.2, 0) is 28.5 Å². The van der Waals surface area contributed by atoms with Crippen LogP contribution >= 0.6 is 22.6 Å². The van der Waals surface area contributed by atoms with Gasteiger partial charge in [0.2, 0.25) is 0 Å². The fourth-order valence-electron chi connectivity index (χ4n) is 6.08. The molecule has 12 heteroatoms. The van der Waals surface area contributed by atoms with Crippen LogP contribution in [-0.4, -0.2) is 111 Å². The Labute approximate surface area is 286 Å². The molecule has 0 aromatic heterocycles. The van der Waals surface area contributed by atoms with Gasteiger partial charge in [0, 0.05) is 61.0 Å². The number of hydrogen-bond acceptors (Lipinski definition) is 11. The summed E-state index contributed by atoms with van der Waals surface area (Å²) in [5.74, 6) is -0.822. The van der Waals surface area contributed by atoms with Crippen molar-refractivity contribution in [2.75, 3.05) is 83.3 Å². The van der Waals surface area contributed by atoms with Gasteiger partial charge in [-0.2, -0.15) is 5.26 Å². The van der Waals surface area contributed by atoms with Crippen LogP contribution in [0.15, 0.2) is 40.7 Å². The van der Waals surface area contributed by atoms with Crippen LogP contribution in [0.1, 0.15) is 38.3 Å². The molecule has 0 saturated carbocycles. The van der Waals surface area contributed by atoms with E-state index < -0.39 is 17.9 Å². The van der Waals surface area contributed by atoms with Crippen molar-refractivity contribution in [1.29, 1.82) is 5.26 Å². The minimum absolute atomic E-state index is 0.00421. The smallest absolute Gasteiger partial charge is 0.336 e. The Bertz CT molecular complexity index is 1290. The van der Waals surface area contributed by atoms with Gasteiger partial charge in [-0.15, -0.1) is 0 Å². The molecule has 1 aromatic carbocycles. The van der Waals surface area contributed by atoms with E-state index >= 15 is 0 Å². The average molecular weight is 751 g/mol. The fourth-order valence-corrected chi connectivity index (χ4v) is 6.69. The number of alkyl halides is 1. The highest BCUT2D eigenvalue weighted by Gasteiger charge is 2.39. The monoisotopic (exact) mass is 750 g/mol. The zero-order valence-corrected chi connectivity index (χ0v) is 29.6. The van der Waals surface area contributed by atoms with E-state index in [-0.39, 0.29) is 25.2 Å². The third-order valence-corrected chi connectivity index (χ3v) is 9.09. The minimum Gasteiger partial charge on any atom is -0.490 e. The molecule has 0 amide bonds. The first kappa shape index (κ1) is 36.1. The molecule has 0 spiro atoms. The van der Waals surface area contributed by atoms with Crippen LogP contribution in [0.2, 0.25) is 0 Å². The lowest BCUT2D eigenvalue weighted by Crippen LogP contribution is -2.49. The summed E-state index contributed by atoms with van der Waals surface area (Å²) in [6.45, 7) is 15.1. The van der Waals surface area contributed by atoms with Gasteiger partial charge >= 0.3 is 11.9 Å². The second-order valence-corrected chi connectivity index (χ2v) is 12.8. The van der Waals surface area contributed by atoms with E-state index in [0.29, 0.717) is 72.8 Å². The lowest BCUT2D eigenvalue weighted by molar-refractivity contribution is -0.148. The Morgan fingerprint density at radius 1 is 1.00 bits per heavy atom. The van der Waals surface area contributed by atoms with Crippen LogP contribution < -0.4 is 10.1 Å². The first-order valence-corrected chi connectivity index (χ1v) is 17.7. The SMILES string of the molecule is CCC1C(C(=O)OC(CN2CCOCC2)CN2CCOCC2)=C(CI)NC(C(C)C)=C1C(=O)OCCOc1cc(C)cc(C#N)c1. The van der Waals surface area contributed by atoms with Crippen LogP contribution in [0.5, 0.6) is 5.75 Å². The molecule has 2 fully saturated rings. The molecule has 3 aliphatic heterocycles. The summed E-state index contributed by atoms with van der Waals surface area (Å²) in [5, 5.41) is 12.7. The lowest BCUT2D eigenvalue weighted by atomic mass is 9.81. The number of esters is 2. The van der Waals surface area contributed by atoms with E-state index in [1.807, 2.05) is 33.8 Å². The molecule has 0 aliphatic carbocycles. The number of ether oxygens (including phenoxy) is 5. The lowest BCUT2D eigenvalue weighted by Gasteiger charge is -2.36. The summed E-state index contributed by atoms with van der Waals surface area (Å²) in [6.07, 6.45) is 0.177. The molecule has 2 saturated heterocycles. The van der Waals surface area contributed by atoms with Gasteiger partial charge in [-0.05, 0) is 43.0 Å². The first-order valence-electron chi connectivity index (χ1n) is 16.2. The van der Waals surface area contributed by atoms with Gasteiger partial charge in [0.15, 0.2) is 0 Å². The maximum Gasteiger partial charge on any atom is 0.336 e. The number of rotatable bonds is 14. The predicted molar refractivity (Wildman–Crippen MR) is 181 cm³/mol. The van der Waals surface area contributed by atoms with Crippen molar-refractivity contribution in [2.45, 2.75) is 40.2 Å². The maximum atomic E-state index is 14.1. The molecule has 1 aromatic rings. The number of carbonyl (C=O) groups excluding carboxylic acids is 2. The van der Waals surface area contributed by atoms with Gasteiger partial charge in [-0.1, -0.05) is 43.4 Å². The summed E-state index contributed by atoms with van der Waals surface area (Å²) in [4.78, 5) is 32.4. The molecule has 4 rings (SSSR count). The van der Waals surface area contributed by atoms with Crippen molar-refractivity contribution in [1.82, 2.24) is 15.1 Å². The van der Waals surface area contributed by atoms with Crippen LogP contribution in [0.3, 0.4) is 0 Å². The molecule has 3 aliphatic rings. The Morgan fingerprint density at radius 3 is 2.17 bits per heavy atom. The summed E-state index contributed by atoms with van der Waals surface area (Å²) >= 11 is 2.25. The second kappa shape index (κ2) is 18.0. The van der Waals surface area contributed by atoms with Crippen molar-refractivity contribution < 1.29 is 33.3 Å². The number of nitrogens with zero attached hydrogens (tertiary/aromatic N) is 3. The standard InChI is InChI=1S/C34H47IN4O7/c1-5-28-30(34(41)46-27(21-38-6-10-42-11-7-38)22-39-8-12-43-13-9-39)29(19-35)37-32(23(2)3)31(28)33(40)45-15-14-44-26-17-24(4)16-25(18-26)20-36/h16-18,23,27-28,37H,5-15,19,21-22H2,1-4H3. The van der Waals surface area contributed by atoms with E-state index in [4.69, 9.17) is 23.7 Å². The Balaban J connectivity index is 1.49. The Morgan fingerprint density at radius 2 is 1.63 bits per heavy atom. The number of allylic oxidation sites excluding steroid dienone is 2. The third kappa shape index (κ3) is 9.90. The highest BCUT2D eigenvalue weighted by Crippen LogP contribution is 2.37. The van der Waals surface area contributed by atoms with Gasteiger partial charge in [0.25, 0.3) is 0 Å². The molecule has 252 valence electrons. The van der Waals surface area contributed by atoms with Gasteiger partial charge in [-0.3, -0.25) is 9.80 Å². The zero-order valence-electron chi connectivity index (χ0n) is 27.4. The number of nitriles is 1. The van der Waals surface area contributed by atoms with E-state index in [1.54, 1.807) is 12.1 Å². The van der Waals surface area contributed by atoms with Gasteiger partial charge in [-0.25, -0.2) is 9.59 Å². The molecule has 3 heterocycles. The Hall–Kier alpha value is -2.70. The van der Waals surface area contributed by atoms with Gasteiger partial charge in [0.1, 0.15) is 25.1 Å². The molecule has 1 N–H and O–H groups in total. The van der Waals surface area contributed by atoms with E-state index in [2.05, 4.69) is 43.8 Å². The molecule has 0 radical (unpaired) electrons. The number of hydrogen-bond donors (Lipinski definition) is 1. The number of dihydropyridines is 1. The number of nitrogens with one attached hydrogen (secondary N) is 1. The molecule has 1 unspecified atom stereocenters. The number of aryl methyl sites for hydroxylation is 1. The third-order valence-electron chi connectivity index (χ3n) is 8.33. The molecule has 46 heavy (non-hydrogen) atoms. The highest BCUT2D eigenvalue weighted by molar-refractivity contribution is 14.1.